The molecule has 2 aromatic carbocycles. The van der Waals surface area contributed by atoms with Crippen LogP contribution in [0.25, 0.3) is 11.0 Å². The van der Waals surface area contributed by atoms with Gasteiger partial charge in [0.05, 0.1) is 23.3 Å². The Bertz CT molecular complexity index is 1690. The molecule has 1 spiro atoms. The fourth-order valence-corrected chi connectivity index (χ4v) is 6.31. The predicted octanol–water partition coefficient (Wildman–Crippen LogP) is 2.25. The van der Waals surface area contributed by atoms with E-state index in [2.05, 4.69) is 11.4 Å². The molecule has 3 heterocycles. The molecule has 1 aromatic heterocycles. The summed E-state index contributed by atoms with van der Waals surface area (Å²) in [6.07, 6.45) is 2.44. The third kappa shape index (κ3) is 3.80. The van der Waals surface area contributed by atoms with Gasteiger partial charge in [-0.15, -0.1) is 0 Å². The van der Waals surface area contributed by atoms with Crippen molar-refractivity contribution < 1.29 is 14.4 Å². The van der Waals surface area contributed by atoms with Gasteiger partial charge in [-0.05, 0) is 66.6 Å². The monoisotopic (exact) mass is 528 g/mol. The summed E-state index contributed by atoms with van der Waals surface area (Å²) in [6, 6.07) is 7.83. The Kier molecular flexibility index (Phi) is 5.57. The average Bonchev–Trinajstić information content (AvgIpc) is 3.44. The van der Waals surface area contributed by atoms with Gasteiger partial charge in [0, 0.05) is 39.7 Å². The number of nitrogens with zero attached hydrogens (tertiary/aromatic N) is 5. The number of hydrogen-bond acceptors (Lipinski definition) is 5. The summed E-state index contributed by atoms with van der Waals surface area (Å²) in [5.74, 6) is -0.391. The number of rotatable bonds is 4. The van der Waals surface area contributed by atoms with Crippen LogP contribution in [0.5, 0.6) is 0 Å². The van der Waals surface area contributed by atoms with E-state index in [0.717, 1.165) is 56.7 Å². The first-order valence-electron chi connectivity index (χ1n) is 13.2. The number of amides is 4. The minimum atomic E-state index is -0.870. The van der Waals surface area contributed by atoms with Crippen molar-refractivity contribution in [3.8, 4) is 0 Å². The molecule has 10 heteroatoms. The van der Waals surface area contributed by atoms with Gasteiger partial charge in [0.2, 0.25) is 5.91 Å². The summed E-state index contributed by atoms with van der Waals surface area (Å²) in [7, 11) is 5.04. The summed E-state index contributed by atoms with van der Waals surface area (Å²) < 4.78 is 3.30. The molecule has 1 atom stereocenters. The number of urea groups is 1. The SMILES string of the molecule is Cc1cc(C)c2c(c1)n(CC1=Nc3cc4c(cc3CC1)C[C@@]1(C4)C(=O)NC(=O)N1C)c(=O)n2CC(=O)N(C)C. The van der Waals surface area contributed by atoms with Crippen LogP contribution in [0, 0.1) is 13.8 Å². The van der Waals surface area contributed by atoms with E-state index in [4.69, 9.17) is 4.99 Å². The minimum absolute atomic E-state index is 0.0209. The number of imidazole rings is 1. The van der Waals surface area contributed by atoms with Gasteiger partial charge >= 0.3 is 11.7 Å². The van der Waals surface area contributed by atoms with Crippen LogP contribution in [0.3, 0.4) is 0 Å². The molecule has 4 amide bonds. The number of aryl methyl sites for hydroxylation is 3. The highest BCUT2D eigenvalue weighted by Gasteiger charge is 2.54. The molecule has 3 aliphatic rings. The Morgan fingerprint density at radius 2 is 1.72 bits per heavy atom. The number of carbonyl (C=O) groups is 3. The van der Waals surface area contributed by atoms with Crippen LogP contribution in [0.1, 0.15) is 34.2 Å². The fraction of sp³-hybridized carbons (Fsp3) is 0.414. The first-order valence-corrected chi connectivity index (χ1v) is 13.2. The van der Waals surface area contributed by atoms with Crippen LogP contribution in [0.4, 0.5) is 10.5 Å². The maximum atomic E-state index is 13.6. The van der Waals surface area contributed by atoms with E-state index < -0.39 is 5.54 Å². The topological polar surface area (TPSA) is 109 Å². The maximum absolute atomic E-state index is 13.6. The number of likely N-dealkylation sites (N-methyl/N-ethyl adjacent to an activating group) is 2. The van der Waals surface area contributed by atoms with Crippen molar-refractivity contribution >= 4 is 40.3 Å². The number of benzene rings is 2. The maximum Gasteiger partial charge on any atom is 0.329 e. The van der Waals surface area contributed by atoms with Crippen LogP contribution in [-0.4, -0.2) is 69.2 Å². The van der Waals surface area contributed by atoms with E-state index in [0.29, 0.717) is 25.8 Å². The van der Waals surface area contributed by atoms with Gasteiger partial charge in [-0.25, -0.2) is 9.59 Å². The van der Waals surface area contributed by atoms with Crippen molar-refractivity contribution in [2.45, 2.75) is 58.2 Å². The molecule has 39 heavy (non-hydrogen) atoms. The van der Waals surface area contributed by atoms with Crippen molar-refractivity contribution in [2.24, 2.45) is 4.99 Å². The molecule has 1 saturated heterocycles. The van der Waals surface area contributed by atoms with Gasteiger partial charge in [-0.1, -0.05) is 12.1 Å². The Hall–Kier alpha value is -4.21. The molecule has 0 unspecified atom stereocenters. The molecule has 0 radical (unpaired) electrons. The molecule has 0 bridgehead atoms. The van der Waals surface area contributed by atoms with E-state index in [1.165, 1.54) is 9.80 Å². The molecular formula is C29H32N6O4. The lowest BCUT2D eigenvalue weighted by Crippen LogP contribution is -2.48. The highest BCUT2D eigenvalue weighted by Crippen LogP contribution is 2.41. The van der Waals surface area contributed by atoms with E-state index in [1.54, 1.807) is 30.3 Å². The molecule has 1 N–H and O–H groups in total. The minimum Gasteiger partial charge on any atom is -0.347 e. The number of hydrogen-bond donors (Lipinski definition) is 1. The van der Waals surface area contributed by atoms with Crippen molar-refractivity contribution in [3.63, 3.8) is 0 Å². The lowest BCUT2D eigenvalue weighted by atomic mass is 9.94. The highest BCUT2D eigenvalue weighted by molar-refractivity contribution is 6.07. The number of nitrogens with one attached hydrogen (secondary N) is 1. The number of aromatic nitrogens is 2. The van der Waals surface area contributed by atoms with E-state index in [-0.39, 0.29) is 30.1 Å². The number of imide groups is 1. The zero-order valence-electron chi connectivity index (χ0n) is 22.9. The lowest BCUT2D eigenvalue weighted by molar-refractivity contribution is -0.129. The summed E-state index contributed by atoms with van der Waals surface area (Å²) in [5.41, 5.74) is 7.44. The number of carbonyl (C=O) groups excluding carboxylic acids is 3. The number of aliphatic imine (C=N–C) groups is 1. The molecule has 202 valence electrons. The van der Waals surface area contributed by atoms with Gasteiger partial charge in [0.25, 0.3) is 5.91 Å². The normalized spacial score (nSPS) is 19.9. The molecule has 6 rings (SSSR count). The second-order valence-corrected chi connectivity index (χ2v) is 11.3. The second kappa shape index (κ2) is 8.65. The Labute approximate surface area is 225 Å². The van der Waals surface area contributed by atoms with Crippen LogP contribution in [0.15, 0.2) is 34.1 Å². The van der Waals surface area contributed by atoms with Crippen molar-refractivity contribution in [2.75, 3.05) is 21.1 Å². The van der Waals surface area contributed by atoms with Gasteiger partial charge in [0.15, 0.2) is 0 Å². The van der Waals surface area contributed by atoms with E-state index in [1.807, 2.05) is 32.0 Å². The van der Waals surface area contributed by atoms with Crippen molar-refractivity contribution in [1.82, 2.24) is 24.3 Å². The Morgan fingerprint density at radius 3 is 2.38 bits per heavy atom. The third-order valence-electron chi connectivity index (χ3n) is 8.50. The first-order chi connectivity index (χ1) is 18.5. The molecule has 0 saturated carbocycles. The average molecular weight is 529 g/mol. The smallest absolute Gasteiger partial charge is 0.329 e. The van der Waals surface area contributed by atoms with Crippen LogP contribution < -0.4 is 11.0 Å². The highest BCUT2D eigenvalue weighted by atomic mass is 16.2. The molecule has 1 aliphatic carbocycles. The molecule has 3 aromatic rings. The van der Waals surface area contributed by atoms with Gasteiger partial charge in [-0.2, -0.15) is 0 Å². The lowest BCUT2D eigenvalue weighted by Gasteiger charge is -2.27. The quantitative estimate of drug-likeness (QED) is 0.524. The standard InChI is InChI=1S/C29H32N6O4/c1-16-8-17(2)25-23(9-16)34(28(39)35(25)15-24(36)32(3)4)14-21-7-6-18-10-19-12-29(13-20(19)11-22(18)30-21)26(37)31-27(38)33(29)5/h8-11H,6-7,12-15H2,1-5H3,(H,31,37,38)/t29-/m1/s1. The second-order valence-electron chi connectivity index (χ2n) is 11.3. The van der Waals surface area contributed by atoms with Crippen molar-refractivity contribution in [3.05, 3.63) is 62.6 Å². The molecule has 2 aliphatic heterocycles. The summed E-state index contributed by atoms with van der Waals surface area (Å²) >= 11 is 0. The molecular weight excluding hydrogens is 496 g/mol. The van der Waals surface area contributed by atoms with Gasteiger partial charge in [-0.3, -0.25) is 29.0 Å². The summed E-state index contributed by atoms with van der Waals surface area (Å²) in [6.45, 7) is 4.28. The zero-order chi connectivity index (χ0) is 27.8. The Balaban J connectivity index is 1.36. The number of fused-ring (bicyclic) bond motifs is 3. The van der Waals surface area contributed by atoms with Crippen LogP contribution >= 0.6 is 0 Å². The molecule has 1 fully saturated rings. The summed E-state index contributed by atoms with van der Waals surface area (Å²) in [5, 5.41) is 2.45. The molecule has 10 nitrogen and oxygen atoms in total. The summed E-state index contributed by atoms with van der Waals surface area (Å²) in [4.78, 5) is 59.0. The third-order valence-corrected chi connectivity index (χ3v) is 8.50. The van der Waals surface area contributed by atoms with Gasteiger partial charge in [0.1, 0.15) is 12.1 Å². The van der Waals surface area contributed by atoms with Gasteiger partial charge < -0.3 is 9.80 Å². The predicted molar refractivity (Wildman–Crippen MR) is 148 cm³/mol. The van der Waals surface area contributed by atoms with E-state index in [9.17, 15) is 19.2 Å². The van der Waals surface area contributed by atoms with E-state index >= 15 is 0 Å². The largest absolute Gasteiger partial charge is 0.347 e. The van der Waals surface area contributed by atoms with Crippen LogP contribution in [0.2, 0.25) is 0 Å². The first kappa shape index (κ1) is 25.1. The fourth-order valence-electron chi connectivity index (χ4n) is 6.31. The Morgan fingerprint density at radius 1 is 1.00 bits per heavy atom. The zero-order valence-corrected chi connectivity index (χ0v) is 22.9. The van der Waals surface area contributed by atoms with Crippen molar-refractivity contribution in [1.29, 1.82) is 0 Å². The van der Waals surface area contributed by atoms with Crippen LogP contribution in [-0.2, 0) is 41.9 Å².